The van der Waals surface area contributed by atoms with Crippen LogP contribution in [0.3, 0.4) is 0 Å². The fourth-order valence-corrected chi connectivity index (χ4v) is 4.91. The van der Waals surface area contributed by atoms with Gasteiger partial charge in [0.2, 0.25) is 15.9 Å². The van der Waals surface area contributed by atoms with E-state index in [1.807, 2.05) is 23.1 Å². The van der Waals surface area contributed by atoms with Crippen molar-refractivity contribution in [2.75, 3.05) is 26.5 Å². The van der Waals surface area contributed by atoms with E-state index < -0.39 is 10.0 Å². The Morgan fingerprint density at radius 3 is 2.46 bits per heavy atom. The summed E-state index contributed by atoms with van der Waals surface area (Å²) in [5.41, 5.74) is 1.82. The highest BCUT2D eigenvalue weighted by Gasteiger charge is 2.34. The number of nitrogens with zero attached hydrogens (tertiary/aromatic N) is 1. The molecular weight excluding hydrogens is 400 g/mol. The Hall–Kier alpha value is -2.23. The van der Waals surface area contributed by atoms with Gasteiger partial charge in [0.25, 0.3) is 0 Å². The van der Waals surface area contributed by atoms with Crippen molar-refractivity contribution in [3.63, 3.8) is 0 Å². The number of hydrogen-bond donors (Lipinski definition) is 1. The number of para-hydroxylation sites is 1. The number of carbonyl (C=O) groups excluding carboxylic acids is 1. The van der Waals surface area contributed by atoms with E-state index in [0.29, 0.717) is 30.2 Å². The van der Waals surface area contributed by atoms with Gasteiger partial charge in [-0.25, -0.2) is 13.6 Å². The molecule has 0 bridgehead atoms. The van der Waals surface area contributed by atoms with Crippen LogP contribution in [0, 0.1) is 0 Å². The molecule has 1 aliphatic rings. The number of methoxy groups -OCH3 is 2. The lowest BCUT2D eigenvalue weighted by Gasteiger charge is -2.26. The Balaban J connectivity index is 1.79. The van der Waals surface area contributed by atoms with Crippen molar-refractivity contribution in [2.45, 2.75) is 16.7 Å². The molecule has 0 spiro atoms. The Morgan fingerprint density at radius 2 is 1.86 bits per heavy atom. The number of nitrogens with two attached hydrogens (primary N) is 1. The number of thioether (sulfide) groups is 1. The summed E-state index contributed by atoms with van der Waals surface area (Å²) in [4.78, 5) is 14.3. The van der Waals surface area contributed by atoms with Gasteiger partial charge in [0.15, 0.2) is 11.5 Å². The normalized spacial score (nSPS) is 17.0. The Labute approximate surface area is 168 Å². The molecule has 3 rings (SSSR count). The summed E-state index contributed by atoms with van der Waals surface area (Å²) in [5, 5.41) is 4.96. The topological polar surface area (TPSA) is 98.9 Å². The minimum absolute atomic E-state index is 0.0565. The van der Waals surface area contributed by atoms with Crippen LogP contribution in [0.15, 0.2) is 47.4 Å². The average molecular weight is 423 g/mol. The third-order valence-corrected chi connectivity index (χ3v) is 6.73. The smallest absolute Gasteiger partial charge is 0.238 e. The standard InChI is InChI=1S/C19H22N2O5S2/c1-25-16-5-3-4-15(18(16)26-2)19-21(17(22)12-27-19)11-10-13-6-8-14(9-7-13)28(20,23)24/h3-9,19H,10-12H2,1-2H3,(H2,20,23,24). The molecule has 2 N–H and O–H groups in total. The van der Waals surface area contributed by atoms with Crippen LogP contribution in [0.4, 0.5) is 0 Å². The molecule has 2 aromatic carbocycles. The van der Waals surface area contributed by atoms with Gasteiger partial charge in [-0.05, 0) is 30.2 Å². The van der Waals surface area contributed by atoms with Crippen LogP contribution in [0.2, 0.25) is 0 Å². The number of rotatable bonds is 7. The summed E-state index contributed by atoms with van der Waals surface area (Å²) < 4.78 is 33.6. The maximum absolute atomic E-state index is 12.5. The largest absolute Gasteiger partial charge is 0.493 e. The third kappa shape index (κ3) is 4.26. The van der Waals surface area contributed by atoms with Crippen LogP contribution in [-0.2, 0) is 21.2 Å². The van der Waals surface area contributed by atoms with Crippen LogP contribution in [0.5, 0.6) is 11.5 Å². The summed E-state index contributed by atoms with van der Waals surface area (Å²) in [6.07, 6.45) is 0.597. The van der Waals surface area contributed by atoms with Crippen molar-refractivity contribution in [1.29, 1.82) is 0 Å². The molecule has 1 fully saturated rings. The summed E-state index contributed by atoms with van der Waals surface area (Å²) >= 11 is 1.55. The van der Waals surface area contributed by atoms with Gasteiger partial charge in [-0.2, -0.15) is 0 Å². The lowest BCUT2D eigenvalue weighted by atomic mass is 10.1. The van der Waals surface area contributed by atoms with E-state index in [4.69, 9.17) is 14.6 Å². The number of sulfonamides is 1. The molecule has 1 aliphatic heterocycles. The minimum Gasteiger partial charge on any atom is -0.493 e. The number of amides is 1. The number of hydrogen-bond acceptors (Lipinski definition) is 6. The van der Waals surface area contributed by atoms with E-state index in [-0.39, 0.29) is 16.2 Å². The zero-order valence-corrected chi connectivity index (χ0v) is 17.3. The predicted octanol–water partition coefficient (Wildman–Crippen LogP) is 2.17. The first-order valence-electron chi connectivity index (χ1n) is 8.59. The van der Waals surface area contributed by atoms with Gasteiger partial charge in [0.05, 0.1) is 24.9 Å². The van der Waals surface area contributed by atoms with Crippen LogP contribution in [0.25, 0.3) is 0 Å². The number of benzene rings is 2. The summed E-state index contributed by atoms with van der Waals surface area (Å²) in [5.74, 6) is 1.70. The first-order chi connectivity index (χ1) is 13.3. The highest BCUT2D eigenvalue weighted by Crippen LogP contribution is 2.45. The van der Waals surface area contributed by atoms with Crippen molar-refractivity contribution in [2.24, 2.45) is 5.14 Å². The molecule has 0 saturated carbocycles. The Morgan fingerprint density at radius 1 is 1.14 bits per heavy atom. The molecule has 28 heavy (non-hydrogen) atoms. The highest BCUT2D eigenvalue weighted by atomic mass is 32.2. The second-order valence-corrected chi connectivity index (χ2v) is 8.90. The lowest BCUT2D eigenvalue weighted by Crippen LogP contribution is -2.30. The van der Waals surface area contributed by atoms with Crippen LogP contribution >= 0.6 is 11.8 Å². The predicted molar refractivity (Wildman–Crippen MR) is 108 cm³/mol. The quantitative estimate of drug-likeness (QED) is 0.734. The van der Waals surface area contributed by atoms with Crippen LogP contribution in [0.1, 0.15) is 16.5 Å². The van der Waals surface area contributed by atoms with Crippen molar-refractivity contribution < 1.29 is 22.7 Å². The van der Waals surface area contributed by atoms with Crippen molar-refractivity contribution in [3.05, 3.63) is 53.6 Å². The zero-order chi connectivity index (χ0) is 20.3. The third-order valence-electron chi connectivity index (χ3n) is 4.56. The van der Waals surface area contributed by atoms with E-state index in [9.17, 15) is 13.2 Å². The summed E-state index contributed by atoms with van der Waals surface area (Å²) in [6.45, 7) is 0.506. The van der Waals surface area contributed by atoms with E-state index in [2.05, 4.69) is 0 Å². The summed E-state index contributed by atoms with van der Waals surface area (Å²) in [7, 11) is -0.547. The molecule has 1 heterocycles. The second kappa shape index (κ2) is 8.42. The zero-order valence-electron chi connectivity index (χ0n) is 15.6. The monoisotopic (exact) mass is 422 g/mol. The van der Waals surface area contributed by atoms with Gasteiger partial charge in [-0.3, -0.25) is 4.79 Å². The van der Waals surface area contributed by atoms with Crippen molar-refractivity contribution in [1.82, 2.24) is 4.90 Å². The van der Waals surface area contributed by atoms with E-state index >= 15 is 0 Å². The highest BCUT2D eigenvalue weighted by molar-refractivity contribution is 8.00. The fourth-order valence-electron chi connectivity index (χ4n) is 3.16. The Bertz CT molecular complexity index is 961. The molecule has 0 aliphatic carbocycles. The molecule has 150 valence electrons. The van der Waals surface area contributed by atoms with Crippen molar-refractivity contribution in [3.8, 4) is 11.5 Å². The molecule has 0 radical (unpaired) electrons. The molecule has 1 amide bonds. The first-order valence-corrected chi connectivity index (χ1v) is 11.2. The SMILES string of the molecule is COc1cccc(C2SCC(=O)N2CCc2ccc(S(N)(=O)=O)cc2)c1OC. The van der Waals surface area contributed by atoms with E-state index in [0.717, 1.165) is 11.1 Å². The maximum atomic E-state index is 12.5. The molecule has 0 aromatic heterocycles. The van der Waals surface area contributed by atoms with E-state index in [1.165, 1.54) is 12.1 Å². The minimum atomic E-state index is -3.71. The van der Waals surface area contributed by atoms with Crippen molar-refractivity contribution >= 4 is 27.7 Å². The number of primary sulfonamides is 1. The van der Waals surface area contributed by atoms with Gasteiger partial charge < -0.3 is 14.4 Å². The molecule has 1 unspecified atom stereocenters. The maximum Gasteiger partial charge on any atom is 0.238 e. The van der Waals surface area contributed by atoms with Crippen LogP contribution in [-0.4, -0.2) is 45.7 Å². The average Bonchev–Trinajstić information content (AvgIpc) is 3.05. The second-order valence-electron chi connectivity index (χ2n) is 6.27. The Kier molecular flexibility index (Phi) is 6.17. The molecule has 1 atom stereocenters. The van der Waals surface area contributed by atoms with Gasteiger partial charge >= 0.3 is 0 Å². The summed E-state index contributed by atoms with van der Waals surface area (Å²) in [6, 6.07) is 12.0. The molecule has 9 heteroatoms. The van der Waals surface area contributed by atoms with Gasteiger partial charge in [-0.1, -0.05) is 24.3 Å². The van der Waals surface area contributed by atoms with Gasteiger partial charge in [0.1, 0.15) is 5.37 Å². The molecular formula is C19H22N2O5S2. The fraction of sp³-hybridized carbons (Fsp3) is 0.316. The number of ether oxygens (including phenoxy) is 2. The molecule has 2 aromatic rings. The van der Waals surface area contributed by atoms with Crippen LogP contribution < -0.4 is 14.6 Å². The van der Waals surface area contributed by atoms with Gasteiger partial charge in [-0.15, -0.1) is 11.8 Å². The molecule has 7 nitrogen and oxygen atoms in total. The van der Waals surface area contributed by atoms with Gasteiger partial charge in [0, 0.05) is 12.1 Å². The first kappa shape index (κ1) is 20.5. The molecule has 1 saturated heterocycles. The van der Waals surface area contributed by atoms with E-state index in [1.54, 1.807) is 38.1 Å². The lowest BCUT2D eigenvalue weighted by molar-refractivity contribution is -0.128. The number of carbonyl (C=O) groups is 1.